The van der Waals surface area contributed by atoms with Gasteiger partial charge in [-0.05, 0) is 39.5 Å². The van der Waals surface area contributed by atoms with Crippen LogP contribution in [0.4, 0.5) is 5.69 Å². The molecule has 1 aliphatic carbocycles. The van der Waals surface area contributed by atoms with Gasteiger partial charge in [0.2, 0.25) is 0 Å². The SMILES string of the molecule is O=[N+]([O-])c1cccc(C=C2c3ccccc3-c3ccccc32)c1. The van der Waals surface area contributed by atoms with E-state index in [2.05, 4.69) is 24.3 Å². The van der Waals surface area contributed by atoms with Gasteiger partial charge in [-0.1, -0.05) is 60.7 Å². The lowest BCUT2D eigenvalue weighted by Gasteiger charge is -2.03. The summed E-state index contributed by atoms with van der Waals surface area (Å²) in [6, 6.07) is 23.3. The first-order valence-corrected chi connectivity index (χ1v) is 7.39. The Labute approximate surface area is 133 Å². The highest BCUT2D eigenvalue weighted by atomic mass is 16.6. The molecular formula is C20H13NO2. The molecule has 0 unspecified atom stereocenters. The van der Waals surface area contributed by atoms with Crippen molar-refractivity contribution in [3.05, 3.63) is 99.6 Å². The second kappa shape index (κ2) is 5.21. The maximum Gasteiger partial charge on any atom is 0.270 e. The molecule has 3 aromatic rings. The lowest BCUT2D eigenvalue weighted by molar-refractivity contribution is -0.384. The molecule has 3 aromatic carbocycles. The standard InChI is InChI=1S/C20H13NO2/c22-21(23)15-7-5-6-14(12-15)13-20-18-10-3-1-8-16(18)17-9-2-4-11-19(17)20/h1-13H. The van der Waals surface area contributed by atoms with E-state index in [1.165, 1.54) is 28.3 Å². The molecule has 0 aromatic heterocycles. The molecule has 0 bridgehead atoms. The van der Waals surface area contributed by atoms with Crippen LogP contribution in [0.2, 0.25) is 0 Å². The van der Waals surface area contributed by atoms with Gasteiger partial charge in [0.15, 0.2) is 0 Å². The largest absolute Gasteiger partial charge is 0.270 e. The number of benzene rings is 3. The van der Waals surface area contributed by atoms with Crippen LogP contribution < -0.4 is 0 Å². The van der Waals surface area contributed by atoms with Crippen LogP contribution in [0.1, 0.15) is 16.7 Å². The number of fused-ring (bicyclic) bond motifs is 3. The third kappa shape index (κ3) is 2.23. The van der Waals surface area contributed by atoms with Crippen LogP contribution in [0.3, 0.4) is 0 Å². The summed E-state index contributed by atoms with van der Waals surface area (Å²) in [6.45, 7) is 0. The molecule has 0 spiro atoms. The summed E-state index contributed by atoms with van der Waals surface area (Å²) in [7, 11) is 0. The molecule has 0 aliphatic heterocycles. The van der Waals surface area contributed by atoms with E-state index in [4.69, 9.17) is 0 Å². The molecule has 0 N–H and O–H groups in total. The Morgan fingerprint density at radius 1 is 0.739 bits per heavy atom. The van der Waals surface area contributed by atoms with E-state index in [9.17, 15) is 10.1 Å². The molecule has 4 rings (SSSR count). The Balaban J connectivity index is 1.92. The fraction of sp³-hybridized carbons (Fsp3) is 0. The van der Waals surface area contributed by atoms with Gasteiger partial charge in [-0.15, -0.1) is 0 Å². The van der Waals surface area contributed by atoms with Gasteiger partial charge >= 0.3 is 0 Å². The average Bonchev–Trinajstić information content (AvgIpc) is 2.90. The number of nitrogens with zero attached hydrogens (tertiary/aromatic N) is 1. The highest BCUT2D eigenvalue weighted by Crippen LogP contribution is 2.44. The predicted octanol–water partition coefficient (Wildman–Crippen LogP) is 5.16. The van der Waals surface area contributed by atoms with E-state index in [0.29, 0.717) is 0 Å². The van der Waals surface area contributed by atoms with Crippen LogP contribution in [0, 0.1) is 10.1 Å². The first-order chi connectivity index (χ1) is 11.2. The van der Waals surface area contributed by atoms with Gasteiger partial charge in [-0.25, -0.2) is 0 Å². The minimum absolute atomic E-state index is 0.110. The summed E-state index contributed by atoms with van der Waals surface area (Å²) in [4.78, 5) is 10.6. The van der Waals surface area contributed by atoms with Crippen molar-refractivity contribution in [3.63, 3.8) is 0 Å². The first-order valence-electron chi connectivity index (χ1n) is 7.39. The monoisotopic (exact) mass is 299 g/mol. The molecule has 0 atom stereocenters. The van der Waals surface area contributed by atoms with E-state index in [1.54, 1.807) is 12.1 Å². The lowest BCUT2D eigenvalue weighted by Crippen LogP contribution is -1.88. The molecule has 3 heteroatoms. The van der Waals surface area contributed by atoms with Gasteiger partial charge < -0.3 is 0 Å². The molecule has 3 nitrogen and oxygen atoms in total. The molecule has 0 saturated carbocycles. The van der Waals surface area contributed by atoms with Crippen molar-refractivity contribution in [2.75, 3.05) is 0 Å². The lowest BCUT2D eigenvalue weighted by atomic mass is 10.0. The van der Waals surface area contributed by atoms with Crippen LogP contribution in [-0.2, 0) is 0 Å². The highest BCUT2D eigenvalue weighted by molar-refractivity contribution is 6.06. The van der Waals surface area contributed by atoms with E-state index in [0.717, 1.165) is 11.1 Å². The van der Waals surface area contributed by atoms with Crippen molar-refractivity contribution in [2.45, 2.75) is 0 Å². The van der Waals surface area contributed by atoms with E-state index in [-0.39, 0.29) is 10.6 Å². The Hall–Kier alpha value is -3.20. The normalized spacial score (nSPS) is 11.7. The Morgan fingerprint density at radius 3 is 1.87 bits per heavy atom. The number of nitro groups is 1. The number of rotatable bonds is 2. The van der Waals surface area contributed by atoms with Crippen molar-refractivity contribution in [1.82, 2.24) is 0 Å². The third-order valence-corrected chi connectivity index (χ3v) is 4.12. The second-order valence-corrected chi connectivity index (χ2v) is 5.50. The predicted molar refractivity (Wildman–Crippen MR) is 91.9 cm³/mol. The maximum absolute atomic E-state index is 11.0. The Morgan fingerprint density at radius 2 is 1.30 bits per heavy atom. The average molecular weight is 299 g/mol. The van der Waals surface area contributed by atoms with Crippen molar-refractivity contribution >= 4 is 17.3 Å². The van der Waals surface area contributed by atoms with E-state index in [1.807, 2.05) is 36.4 Å². The highest BCUT2D eigenvalue weighted by Gasteiger charge is 2.22. The number of non-ortho nitro benzene ring substituents is 1. The smallest absolute Gasteiger partial charge is 0.258 e. The molecule has 110 valence electrons. The first kappa shape index (κ1) is 13.5. The minimum atomic E-state index is -0.363. The molecule has 1 aliphatic rings. The quantitative estimate of drug-likeness (QED) is 0.379. The summed E-state index contributed by atoms with van der Waals surface area (Å²) in [5.74, 6) is 0. The second-order valence-electron chi connectivity index (χ2n) is 5.50. The van der Waals surface area contributed by atoms with Crippen LogP contribution in [0.5, 0.6) is 0 Å². The summed E-state index contributed by atoms with van der Waals surface area (Å²) >= 11 is 0. The molecule has 0 radical (unpaired) electrons. The van der Waals surface area contributed by atoms with Crippen molar-refractivity contribution < 1.29 is 4.92 Å². The van der Waals surface area contributed by atoms with E-state index >= 15 is 0 Å². The molecular weight excluding hydrogens is 286 g/mol. The third-order valence-electron chi connectivity index (χ3n) is 4.12. The topological polar surface area (TPSA) is 43.1 Å². The zero-order chi connectivity index (χ0) is 15.8. The minimum Gasteiger partial charge on any atom is -0.258 e. The summed E-state index contributed by atoms with van der Waals surface area (Å²) < 4.78 is 0. The van der Waals surface area contributed by atoms with E-state index < -0.39 is 0 Å². The van der Waals surface area contributed by atoms with Gasteiger partial charge in [0.1, 0.15) is 0 Å². The Kier molecular flexibility index (Phi) is 3.05. The van der Waals surface area contributed by atoms with Gasteiger partial charge in [0.25, 0.3) is 5.69 Å². The Bertz CT molecular complexity index is 910. The van der Waals surface area contributed by atoms with Gasteiger partial charge in [-0.2, -0.15) is 0 Å². The fourth-order valence-corrected chi connectivity index (χ4v) is 3.10. The maximum atomic E-state index is 11.0. The summed E-state index contributed by atoms with van der Waals surface area (Å²) in [5.41, 5.74) is 6.80. The zero-order valence-electron chi connectivity index (χ0n) is 12.3. The number of nitro benzene ring substituents is 1. The van der Waals surface area contributed by atoms with Crippen LogP contribution in [0.25, 0.3) is 22.8 Å². The van der Waals surface area contributed by atoms with Crippen molar-refractivity contribution in [2.24, 2.45) is 0 Å². The molecule has 23 heavy (non-hydrogen) atoms. The molecule has 0 saturated heterocycles. The summed E-state index contributed by atoms with van der Waals surface area (Å²) in [5, 5.41) is 11.0. The van der Waals surface area contributed by atoms with Crippen molar-refractivity contribution in [1.29, 1.82) is 0 Å². The summed E-state index contributed by atoms with van der Waals surface area (Å²) in [6.07, 6.45) is 2.03. The molecule has 0 fully saturated rings. The number of hydrogen-bond acceptors (Lipinski definition) is 2. The fourth-order valence-electron chi connectivity index (χ4n) is 3.10. The molecule has 0 amide bonds. The van der Waals surface area contributed by atoms with Gasteiger partial charge in [0.05, 0.1) is 4.92 Å². The van der Waals surface area contributed by atoms with Gasteiger partial charge in [-0.3, -0.25) is 10.1 Å². The van der Waals surface area contributed by atoms with Crippen LogP contribution in [0.15, 0.2) is 72.8 Å². The van der Waals surface area contributed by atoms with Crippen LogP contribution in [-0.4, -0.2) is 4.92 Å². The molecule has 0 heterocycles. The zero-order valence-corrected chi connectivity index (χ0v) is 12.3. The van der Waals surface area contributed by atoms with Gasteiger partial charge in [0, 0.05) is 12.1 Å². The van der Waals surface area contributed by atoms with Crippen LogP contribution >= 0.6 is 0 Å². The number of hydrogen-bond donors (Lipinski definition) is 0. The van der Waals surface area contributed by atoms with Crippen molar-refractivity contribution in [3.8, 4) is 11.1 Å².